The zero-order chi connectivity index (χ0) is 11.5. The minimum atomic E-state index is -4.86. The van der Waals surface area contributed by atoms with Gasteiger partial charge in [-0.05, 0) is 12.1 Å². The SMILES string of the molecule is O=CNc1cccc(Cl)c1OC(F)(F)F. The van der Waals surface area contributed by atoms with Gasteiger partial charge in [0.1, 0.15) is 0 Å². The Kier molecular flexibility index (Phi) is 3.41. The van der Waals surface area contributed by atoms with Crippen LogP contribution in [-0.2, 0) is 4.79 Å². The summed E-state index contributed by atoms with van der Waals surface area (Å²) in [5, 5.41) is 1.81. The van der Waals surface area contributed by atoms with Crippen LogP contribution in [0.25, 0.3) is 0 Å². The highest BCUT2D eigenvalue weighted by molar-refractivity contribution is 6.32. The highest BCUT2D eigenvalue weighted by Crippen LogP contribution is 2.36. The Morgan fingerprint density at radius 1 is 1.40 bits per heavy atom. The van der Waals surface area contributed by atoms with Crippen molar-refractivity contribution in [3.8, 4) is 5.75 Å². The van der Waals surface area contributed by atoms with Crippen molar-refractivity contribution in [2.75, 3.05) is 5.32 Å². The van der Waals surface area contributed by atoms with Gasteiger partial charge < -0.3 is 10.1 Å². The fourth-order valence-electron chi connectivity index (χ4n) is 0.905. The van der Waals surface area contributed by atoms with E-state index in [1.165, 1.54) is 18.2 Å². The first-order chi connectivity index (χ1) is 6.94. The number of ether oxygens (including phenoxy) is 1. The molecule has 0 aliphatic carbocycles. The fraction of sp³-hybridized carbons (Fsp3) is 0.125. The maximum absolute atomic E-state index is 11.9. The summed E-state index contributed by atoms with van der Waals surface area (Å²) in [5.74, 6) is -0.626. The molecule has 0 heterocycles. The third kappa shape index (κ3) is 3.32. The van der Waals surface area contributed by atoms with E-state index < -0.39 is 12.1 Å². The molecule has 15 heavy (non-hydrogen) atoms. The zero-order valence-electron chi connectivity index (χ0n) is 7.14. The van der Waals surface area contributed by atoms with Crippen molar-refractivity contribution in [2.24, 2.45) is 0 Å². The first-order valence-electron chi connectivity index (χ1n) is 3.68. The van der Waals surface area contributed by atoms with Crippen molar-refractivity contribution < 1.29 is 22.7 Å². The molecule has 3 nitrogen and oxygen atoms in total. The van der Waals surface area contributed by atoms with Crippen molar-refractivity contribution in [3.05, 3.63) is 23.2 Å². The molecule has 7 heteroatoms. The van der Waals surface area contributed by atoms with Gasteiger partial charge in [-0.3, -0.25) is 4.79 Å². The molecule has 0 bridgehead atoms. The number of benzene rings is 1. The summed E-state index contributed by atoms with van der Waals surface area (Å²) in [6, 6.07) is 3.84. The molecule has 0 aromatic heterocycles. The van der Waals surface area contributed by atoms with Gasteiger partial charge in [0.05, 0.1) is 10.7 Å². The maximum Gasteiger partial charge on any atom is 0.573 e. The molecule has 1 aromatic carbocycles. The van der Waals surface area contributed by atoms with Crippen LogP contribution in [-0.4, -0.2) is 12.8 Å². The molecule has 1 amide bonds. The molecule has 0 saturated heterocycles. The Bertz CT molecular complexity index is 367. The number of carbonyl (C=O) groups is 1. The van der Waals surface area contributed by atoms with Gasteiger partial charge in [0.15, 0.2) is 5.75 Å². The zero-order valence-corrected chi connectivity index (χ0v) is 7.89. The summed E-state index contributed by atoms with van der Waals surface area (Å²) in [7, 11) is 0. The number of para-hydroxylation sites is 1. The van der Waals surface area contributed by atoms with Gasteiger partial charge in [-0.1, -0.05) is 17.7 Å². The molecule has 0 aliphatic heterocycles. The Morgan fingerprint density at radius 3 is 2.60 bits per heavy atom. The molecule has 0 radical (unpaired) electrons. The Balaban J connectivity index is 3.07. The van der Waals surface area contributed by atoms with Gasteiger partial charge >= 0.3 is 6.36 Å². The third-order valence-electron chi connectivity index (χ3n) is 1.40. The van der Waals surface area contributed by atoms with Crippen LogP contribution in [0.2, 0.25) is 5.02 Å². The van der Waals surface area contributed by atoms with Gasteiger partial charge in [0.2, 0.25) is 6.41 Å². The molecule has 0 saturated carbocycles. The third-order valence-corrected chi connectivity index (χ3v) is 1.70. The molecule has 1 aromatic rings. The minimum absolute atomic E-state index is 0.144. The summed E-state index contributed by atoms with van der Waals surface area (Å²) >= 11 is 5.49. The second-order valence-corrected chi connectivity index (χ2v) is 2.83. The molecule has 0 atom stereocenters. The van der Waals surface area contributed by atoms with Crippen LogP contribution >= 0.6 is 11.6 Å². The number of nitrogens with one attached hydrogen (secondary N) is 1. The van der Waals surface area contributed by atoms with E-state index in [2.05, 4.69) is 4.74 Å². The van der Waals surface area contributed by atoms with Crippen molar-refractivity contribution in [3.63, 3.8) is 0 Å². The van der Waals surface area contributed by atoms with Crippen LogP contribution in [0.4, 0.5) is 18.9 Å². The van der Waals surface area contributed by atoms with Crippen molar-refractivity contribution in [1.29, 1.82) is 0 Å². The van der Waals surface area contributed by atoms with Crippen LogP contribution < -0.4 is 10.1 Å². The molecular formula is C8H5ClF3NO2. The Morgan fingerprint density at radius 2 is 2.07 bits per heavy atom. The fourth-order valence-corrected chi connectivity index (χ4v) is 1.12. The van der Waals surface area contributed by atoms with Crippen molar-refractivity contribution in [1.82, 2.24) is 0 Å². The molecule has 0 unspecified atom stereocenters. The van der Waals surface area contributed by atoms with Gasteiger partial charge in [-0.15, -0.1) is 13.2 Å². The first-order valence-corrected chi connectivity index (χ1v) is 4.06. The second kappa shape index (κ2) is 4.39. The van der Waals surface area contributed by atoms with Gasteiger partial charge in [0, 0.05) is 0 Å². The minimum Gasteiger partial charge on any atom is -0.402 e. The van der Waals surface area contributed by atoms with E-state index in [4.69, 9.17) is 11.6 Å². The molecule has 1 rings (SSSR count). The van der Waals surface area contributed by atoms with E-state index in [1.807, 2.05) is 5.32 Å². The van der Waals surface area contributed by atoms with E-state index in [0.29, 0.717) is 0 Å². The van der Waals surface area contributed by atoms with E-state index in [-0.39, 0.29) is 17.1 Å². The van der Waals surface area contributed by atoms with Gasteiger partial charge in [-0.25, -0.2) is 0 Å². The van der Waals surface area contributed by atoms with Crippen LogP contribution in [0, 0.1) is 0 Å². The lowest BCUT2D eigenvalue weighted by molar-refractivity contribution is -0.274. The highest BCUT2D eigenvalue weighted by atomic mass is 35.5. The Hall–Kier alpha value is -1.43. The second-order valence-electron chi connectivity index (χ2n) is 2.43. The summed E-state index contributed by atoms with van der Waals surface area (Å²) in [4.78, 5) is 10.1. The lowest BCUT2D eigenvalue weighted by Crippen LogP contribution is -2.18. The van der Waals surface area contributed by atoms with Crippen LogP contribution in [0.15, 0.2) is 18.2 Å². The summed E-state index contributed by atoms with van der Waals surface area (Å²) in [6.45, 7) is 0. The standard InChI is InChI=1S/C8H5ClF3NO2/c9-5-2-1-3-6(13-4-14)7(5)15-8(10,11)12/h1-4H,(H,13,14). The van der Waals surface area contributed by atoms with Crippen molar-refractivity contribution in [2.45, 2.75) is 6.36 Å². The molecular weight excluding hydrogens is 235 g/mol. The summed E-state index contributed by atoms with van der Waals surface area (Å²) in [6.07, 6.45) is -4.63. The topological polar surface area (TPSA) is 38.3 Å². The van der Waals surface area contributed by atoms with E-state index in [0.717, 1.165) is 0 Å². The average molecular weight is 240 g/mol. The number of hydrogen-bond donors (Lipinski definition) is 1. The van der Waals surface area contributed by atoms with Crippen LogP contribution in [0.3, 0.4) is 0 Å². The van der Waals surface area contributed by atoms with Gasteiger partial charge in [-0.2, -0.15) is 0 Å². The van der Waals surface area contributed by atoms with Gasteiger partial charge in [0.25, 0.3) is 0 Å². The average Bonchev–Trinajstić information content (AvgIpc) is 2.10. The lowest BCUT2D eigenvalue weighted by atomic mass is 10.3. The Labute approximate surface area is 87.8 Å². The molecule has 0 spiro atoms. The molecule has 1 N–H and O–H groups in total. The van der Waals surface area contributed by atoms with Crippen LogP contribution in [0.5, 0.6) is 5.75 Å². The van der Waals surface area contributed by atoms with Crippen molar-refractivity contribution >= 4 is 23.7 Å². The highest BCUT2D eigenvalue weighted by Gasteiger charge is 2.33. The normalized spacial score (nSPS) is 10.9. The number of amides is 1. The smallest absolute Gasteiger partial charge is 0.402 e. The number of alkyl halides is 3. The number of hydrogen-bond acceptors (Lipinski definition) is 2. The molecule has 0 fully saturated rings. The predicted molar refractivity (Wildman–Crippen MR) is 47.8 cm³/mol. The van der Waals surface area contributed by atoms with Crippen LogP contribution in [0.1, 0.15) is 0 Å². The number of carbonyl (C=O) groups excluding carboxylic acids is 1. The summed E-state index contributed by atoms with van der Waals surface area (Å²) in [5.41, 5.74) is -0.144. The van der Waals surface area contributed by atoms with E-state index >= 15 is 0 Å². The quantitative estimate of drug-likeness (QED) is 0.824. The number of anilines is 1. The van der Waals surface area contributed by atoms with E-state index in [9.17, 15) is 18.0 Å². The maximum atomic E-state index is 11.9. The lowest BCUT2D eigenvalue weighted by Gasteiger charge is -2.13. The summed E-state index contributed by atoms with van der Waals surface area (Å²) < 4.78 is 39.5. The number of halogens is 4. The monoisotopic (exact) mass is 239 g/mol. The molecule has 0 aliphatic rings. The first kappa shape index (κ1) is 11.6. The molecule has 82 valence electrons. The predicted octanol–water partition coefficient (Wildman–Crippen LogP) is 2.81. The van der Waals surface area contributed by atoms with E-state index in [1.54, 1.807) is 0 Å². The number of rotatable bonds is 3. The largest absolute Gasteiger partial charge is 0.573 e.